The van der Waals surface area contributed by atoms with Crippen LogP contribution in [0.3, 0.4) is 0 Å². The molecule has 0 aromatic rings. The molecule has 0 aromatic carbocycles. The molecule has 2 aliphatic heterocycles. The molecule has 2 aliphatic rings. The summed E-state index contributed by atoms with van der Waals surface area (Å²) in [5.41, 5.74) is 0. The van der Waals surface area contributed by atoms with Gasteiger partial charge in [0.2, 0.25) is 5.91 Å². The second-order valence-electron chi connectivity index (χ2n) is 26.7. The number of rotatable bonds is 63. The lowest BCUT2D eigenvalue weighted by Gasteiger charge is -2.46. The molecule has 12 unspecified atom stereocenters. The van der Waals surface area contributed by atoms with Crippen molar-refractivity contribution < 1.29 is 64.6 Å². The van der Waals surface area contributed by atoms with E-state index in [-0.39, 0.29) is 18.9 Å². The minimum Gasteiger partial charge on any atom is -0.394 e. The molecule has 2 heterocycles. The van der Waals surface area contributed by atoms with Crippen molar-refractivity contribution in [1.82, 2.24) is 5.32 Å². The third-order valence-electron chi connectivity index (χ3n) is 18.3. The lowest BCUT2D eigenvalue weighted by Crippen LogP contribution is -2.65. The Kier molecular flexibility index (Phi) is 58.6. The van der Waals surface area contributed by atoms with Crippen LogP contribution in [0.1, 0.15) is 309 Å². The van der Waals surface area contributed by atoms with Crippen LogP contribution in [0.25, 0.3) is 0 Å². The fraction of sp³-hybridized carbons (Fsp3) is 0.787. The molecule has 12 atom stereocenters. The Morgan fingerprint density at radius 2 is 0.745 bits per heavy atom. The summed E-state index contributed by atoms with van der Waals surface area (Å²) in [4.78, 5) is 13.4. The van der Waals surface area contributed by atoms with E-state index in [1.165, 1.54) is 205 Å². The monoisotopic (exact) mass is 1320 g/mol. The van der Waals surface area contributed by atoms with Crippen LogP contribution < -0.4 is 5.32 Å². The van der Waals surface area contributed by atoms with Crippen molar-refractivity contribution in [2.45, 2.75) is 383 Å². The molecule has 14 heteroatoms. The highest BCUT2D eigenvalue weighted by molar-refractivity contribution is 5.76. The Bertz CT molecular complexity index is 1950. The second kappa shape index (κ2) is 63.4. The van der Waals surface area contributed by atoms with E-state index in [0.717, 1.165) is 70.6 Å². The molecule has 0 aliphatic carbocycles. The summed E-state index contributed by atoms with van der Waals surface area (Å²) in [6, 6.07) is -0.935. The van der Waals surface area contributed by atoms with Gasteiger partial charge in [-0.25, -0.2) is 0 Å². The van der Waals surface area contributed by atoms with E-state index in [1.54, 1.807) is 6.08 Å². The van der Waals surface area contributed by atoms with Gasteiger partial charge < -0.3 is 65.1 Å². The lowest BCUT2D eigenvalue weighted by molar-refractivity contribution is -0.359. The van der Waals surface area contributed by atoms with E-state index >= 15 is 0 Å². The van der Waals surface area contributed by atoms with E-state index in [1.807, 2.05) is 6.08 Å². The van der Waals surface area contributed by atoms with E-state index < -0.39 is 86.8 Å². The predicted molar refractivity (Wildman–Crippen MR) is 387 cm³/mol. The van der Waals surface area contributed by atoms with Crippen LogP contribution in [0, 0.1) is 0 Å². The van der Waals surface area contributed by atoms with Gasteiger partial charge in [-0.05, 0) is 83.5 Å². The molecule has 0 spiro atoms. The third-order valence-corrected chi connectivity index (χ3v) is 18.3. The van der Waals surface area contributed by atoms with Crippen molar-refractivity contribution in [2.75, 3.05) is 19.8 Å². The number of ether oxygens (including phenoxy) is 4. The van der Waals surface area contributed by atoms with Crippen LogP contribution in [0.15, 0.2) is 97.2 Å². The lowest BCUT2D eigenvalue weighted by atomic mass is 9.97. The van der Waals surface area contributed by atoms with Gasteiger partial charge in [0, 0.05) is 6.42 Å². The number of amides is 1. The number of carbonyl (C=O) groups is 1. The number of unbranched alkanes of at least 4 members (excludes halogenated alkanes) is 36. The maximum Gasteiger partial charge on any atom is 0.220 e. The summed E-state index contributed by atoms with van der Waals surface area (Å²) in [5.74, 6) is -0.246. The highest BCUT2D eigenvalue weighted by atomic mass is 16.7. The fourth-order valence-electron chi connectivity index (χ4n) is 12.2. The van der Waals surface area contributed by atoms with Crippen molar-refractivity contribution in [1.29, 1.82) is 0 Å². The normalized spacial score (nSPS) is 23.0. The summed E-state index contributed by atoms with van der Waals surface area (Å²) in [5, 5.41) is 87.5. The molecule has 0 aromatic heterocycles. The molecule has 9 N–H and O–H groups in total. The van der Waals surface area contributed by atoms with Crippen molar-refractivity contribution in [2.24, 2.45) is 0 Å². The SMILES string of the molecule is CC/C=C\C/C=C\C/C=C\C/C=C\C/C=C\C/C=C\CCCCCCCCCCCCCCCCCCCCCCC(=O)NC(COC1OC(CO)C(OC2OC(CO)C(O)C(O)C2O)C(O)C1O)C(O)/C=C/CC/C=C/CCCCCCCCCCCCCCCCC. The summed E-state index contributed by atoms with van der Waals surface area (Å²) in [6.45, 7) is 2.70. The number of hydrogen-bond acceptors (Lipinski definition) is 13. The number of aliphatic hydroxyl groups excluding tert-OH is 8. The highest BCUT2D eigenvalue weighted by Crippen LogP contribution is 2.30. The maximum atomic E-state index is 13.4. The molecule has 2 rings (SSSR count). The minimum absolute atomic E-state index is 0.246. The molecule has 94 heavy (non-hydrogen) atoms. The Hall–Kier alpha value is -3.09. The van der Waals surface area contributed by atoms with Crippen LogP contribution in [0.5, 0.6) is 0 Å². The van der Waals surface area contributed by atoms with Crippen LogP contribution in [-0.2, 0) is 23.7 Å². The van der Waals surface area contributed by atoms with Gasteiger partial charge in [-0.2, -0.15) is 0 Å². The van der Waals surface area contributed by atoms with Crippen molar-refractivity contribution in [3.63, 3.8) is 0 Å². The predicted octanol–water partition coefficient (Wildman–Crippen LogP) is 16.9. The summed E-state index contributed by atoms with van der Waals surface area (Å²) in [7, 11) is 0. The molecule has 2 fully saturated rings. The first-order chi connectivity index (χ1) is 46.1. The third kappa shape index (κ3) is 46.2. The zero-order valence-electron chi connectivity index (χ0n) is 59.4. The first-order valence-electron chi connectivity index (χ1n) is 38.5. The molecule has 1 amide bonds. The van der Waals surface area contributed by atoms with Gasteiger partial charge in [0.25, 0.3) is 0 Å². The first kappa shape index (κ1) is 87.0. The van der Waals surface area contributed by atoms with E-state index in [9.17, 15) is 45.6 Å². The fourth-order valence-corrected chi connectivity index (χ4v) is 12.2. The van der Waals surface area contributed by atoms with E-state index in [2.05, 4.69) is 104 Å². The van der Waals surface area contributed by atoms with Gasteiger partial charge in [-0.1, -0.05) is 317 Å². The zero-order valence-corrected chi connectivity index (χ0v) is 59.4. The second-order valence-corrected chi connectivity index (χ2v) is 26.7. The topological polar surface area (TPSA) is 228 Å². The van der Waals surface area contributed by atoms with Crippen LogP contribution in [0.2, 0.25) is 0 Å². The van der Waals surface area contributed by atoms with Crippen molar-refractivity contribution in [3.8, 4) is 0 Å². The molecule has 544 valence electrons. The molecular formula is C80H141NO13. The molecule has 0 bridgehead atoms. The largest absolute Gasteiger partial charge is 0.394 e. The summed E-state index contributed by atoms with van der Waals surface area (Å²) >= 11 is 0. The maximum absolute atomic E-state index is 13.4. The Balaban J connectivity index is 1.60. The molecule has 0 saturated carbocycles. The average molecular weight is 1330 g/mol. The van der Waals surface area contributed by atoms with Gasteiger partial charge in [0.1, 0.15) is 48.8 Å². The Labute approximate surface area is 573 Å². The van der Waals surface area contributed by atoms with Crippen LogP contribution in [0.4, 0.5) is 0 Å². The number of aliphatic hydroxyl groups is 8. The molecule has 2 saturated heterocycles. The highest BCUT2D eigenvalue weighted by Gasteiger charge is 2.51. The van der Waals surface area contributed by atoms with E-state index in [4.69, 9.17) is 18.9 Å². The Morgan fingerprint density at radius 3 is 1.17 bits per heavy atom. The average Bonchev–Trinajstić information content (AvgIpc) is 0.794. The number of hydrogen-bond donors (Lipinski definition) is 9. The quantitative estimate of drug-likeness (QED) is 0.0204. The van der Waals surface area contributed by atoms with Gasteiger partial charge in [0.05, 0.1) is 32.0 Å². The first-order valence-corrected chi connectivity index (χ1v) is 38.5. The zero-order chi connectivity index (χ0) is 68.0. The van der Waals surface area contributed by atoms with Crippen molar-refractivity contribution in [3.05, 3.63) is 97.2 Å². The summed E-state index contributed by atoms with van der Waals surface area (Å²) in [6.07, 6.45) is 73.4. The number of allylic oxidation sites excluding steroid dienone is 15. The van der Waals surface area contributed by atoms with Gasteiger partial charge >= 0.3 is 0 Å². The smallest absolute Gasteiger partial charge is 0.220 e. The molecule has 14 nitrogen and oxygen atoms in total. The van der Waals surface area contributed by atoms with Crippen LogP contribution in [-0.4, -0.2) is 140 Å². The molecule has 0 radical (unpaired) electrons. The summed E-state index contributed by atoms with van der Waals surface area (Å²) < 4.78 is 22.9. The van der Waals surface area contributed by atoms with Gasteiger partial charge in [-0.15, -0.1) is 0 Å². The Morgan fingerprint density at radius 1 is 0.394 bits per heavy atom. The van der Waals surface area contributed by atoms with Gasteiger partial charge in [0.15, 0.2) is 12.6 Å². The van der Waals surface area contributed by atoms with E-state index in [0.29, 0.717) is 12.8 Å². The van der Waals surface area contributed by atoms with Crippen LogP contribution >= 0.6 is 0 Å². The number of nitrogens with one attached hydrogen (secondary N) is 1. The number of carbonyl (C=O) groups excluding carboxylic acids is 1. The van der Waals surface area contributed by atoms with Gasteiger partial charge in [-0.3, -0.25) is 4.79 Å². The minimum atomic E-state index is -1.79. The standard InChI is InChI=1S/C80H141NO13/c1-3-5-7-9-11-13-15-17-19-21-23-25-26-27-28-29-30-31-32-33-34-35-36-37-38-39-40-41-42-44-46-48-50-52-54-56-58-60-62-64-72(85)81-68(69(84)63-61-59-57-55-53-51-49-47-45-43-24-22-20-18-16-14-12-10-8-6-4-2)67-91-79-77(90)75(88)78(71(66-83)93-79)94-80-76(89)74(87)73(86)70(65-82)92-80/h5,7,11,13,17,19,23,25,27-28,30-31,53,55,61,63,68-71,73-80,82-84,86-90H,3-4,6,8-10,12,14-16,18,20-22,24,26,29,32-52,54,56-60,62,64-67H2,1-2H3,(H,81,85)/b7-5-,13-11-,19-17-,25-23-,28-27-,31-30-,55-53+,63-61+. The molecular weight excluding hydrogens is 1180 g/mol. The van der Waals surface area contributed by atoms with Crippen molar-refractivity contribution >= 4 is 5.91 Å².